The molecule has 1 atom stereocenters. The van der Waals surface area contributed by atoms with Gasteiger partial charge in [0.25, 0.3) is 5.91 Å². The Bertz CT molecular complexity index is 924. The van der Waals surface area contributed by atoms with Gasteiger partial charge in [0, 0.05) is 17.7 Å². The molecular weight excluding hydrogens is 374 g/mol. The first-order valence-electron chi connectivity index (χ1n) is 8.80. The Labute approximate surface area is 167 Å². The van der Waals surface area contributed by atoms with Gasteiger partial charge in [-0.2, -0.15) is 0 Å². The molecule has 5 nitrogen and oxygen atoms in total. The third kappa shape index (κ3) is 5.14. The second-order valence-corrected chi connectivity index (χ2v) is 6.94. The van der Waals surface area contributed by atoms with E-state index in [1.165, 1.54) is 11.3 Å². The molecule has 142 valence electrons. The molecule has 0 bridgehead atoms. The van der Waals surface area contributed by atoms with E-state index in [1.807, 2.05) is 17.5 Å². The fourth-order valence-corrected chi connectivity index (χ4v) is 3.26. The molecule has 6 heteroatoms. The van der Waals surface area contributed by atoms with E-state index in [9.17, 15) is 14.4 Å². The Morgan fingerprint density at radius 2 is 1.57 bits per heavy atom. The average molecular weight is 393 g/mol. The molecular formula is C22H19NO4S. The maximum Gasteiger partial charge on any atom is 0.308 e. The molecule has 0 saturated carbocycles. The predicted molar refractivity (Wildman–Crippen MR) is 107 cm³/mol. The Kier molecular flexibility index (Phi) is 6.70. The van der Waals surface area contributed by atoms with Crippen LogP contribution in [0.1, 0.15) is 38.1 Å². The number of carbonyl (C=O) groups excluding carboxylic acids is 3. The zero-order valence-electron chi connectivity index (χ0n) is 15.0. The van der Waals surface area contributed by atoms with Crippen LogP contribution in [0.15, 0.2) is 78.2 Å². The third-order valence-electron chi connectivity index (χ3n) is 4.01. The van der Waals surface area contributed by atoms with E-state index in [0.29, 0.717) is 16.0 Å². The van der Waals surface area contributed by atoms with Gasteiger partial charge in [-0.15, -0.1) is 11.3 Å². The highest BCUT2D eigenvalue weighted by Crippen LogP contribution is 2.23. The Morgan fingerprint density at radius 3 is 2.21 bits per heavy atom. The number of hydrogen-bond acceptors (Lipinski definition) is 5. The summed E-state index contributed by atoms with van der Waals surface area (Å²) in [5, 5.41) is 4.48. The molecule has 1 aromatic heterocycles. The smallest absolute Gasteiger partial charge is 0.308 e. The monoisotopic (exact) mass is 393 g/mol. The molecule has 1 N–H and O–H groups in total. The van der Waals surface area contributed by atoms with Crippen molar-refractivity contribution in [3.63, 3.8) is 0 Å². The summed E-state index contributed by atoms with van der Waals surface area (Å²) in [5.74, 6) is -1.07. The highest BCUT2D eigenvalue weighted by atomic mass is 32.1. The van der Waals surface area contributed by atoms with E-state index in [4.69, 9.17) is 4.74 Å². The largest absolute Gasteiger partial charge is 0.449 e. The zero-order chi connectivity index (χ0) is 19.8. The van der Waals surface area contributed by atoms with Gasteiger partial charge in [0.15, 0.2) is 6.10 Å². The first kappa shape index (κ1) is 19.5. The van der Waals surface area contributed by atoms with E-state index in [2.05, 4.69) is 5.32 Å². The van der Waals surface area contributed by atoms with Crippen LogP contribution in [0.2, 0.25) is 0 Å². The summed E-state index contributed by atoms with van der Waals surface area (Å²) >= 11 is 1.33. The summed E-state index contributed by atoms with van der Waals surface area (Å²) in [7, 11) is 0. The van der Waals surface area contributed by atoms with Crippen molar-refractivity contribution in [3.8, 4) is 0 Å². The number of rotatable bonds is 8. The quantitative estimate of drug-likeness (QED) is 0.463. The number of ketones is 1. The number of benzene rings is 2. The molecule has 0 saturated heterocycles. The topological polar surface area (TPSA) is 72.5 Å². The summed E-state index contributed by atoms with van der Waals surface area (Å²) in [4.78, 5) is 37.7. The van der Waals surface area contributed by atoms with E-state index >= 15 is 0 Å². The summed E-state index contributed by atoms with van der Waals surface area (Å²) < 4.78 is 5.49. The first-order chi connectivity index (χ1) is 13.6. The number of ether oxygens (including phenoxy) is 1. The van der Waals surface area contributed by atoms with E-state index in [0.717, 1.165) is 0 Å². The second-order valence-electron chi connectivity index (χ2n) is 5.99. The van der Waals surface area contributed by atoms with Crippen LogP contribution in [0, 0.1) is 0 Å². The van der Waals surface area contributed by atoms with Crippen LogP contribution in [0.3, 0.4) is 0 Å². The van der Waals surface area contributed by atoms with Gasteiger partial charge in [0.05, 0.1) is 11.3 Å². The van der Waals surface area contributed by atoms with Gasteiger partial charge in [0.1, 0.15) is 0 Å². The van der Waals surface area contributed by atoms with Gasteiger partial charge in [-0.05, 0) is 11.4 Å². The number of hydrogen-bond donors (Lipinski definition) is 1. The van der Waals surface area contributed by atoms with Crippen LogP contribution in [-0.4, -0.2) is 24.2 Å². The van der Waals surface area contributed by atoms with Crippen molar-refractivity contribution >= 4 is 29.0 Å². The molecule has 1 heterocycles. The lowest BCUT2D eigenvalue weighted by molar-refractivity contribution is -0.147. The lowest BCUT2D eigenvalue weighted by atomic mass is 10.00. The molecule has 0 radical (unpaired) electrons. The van der Waals surface area contributed by atoms with Crippen LogP contribution in [0.5, 0.6) is 0 Å². The molecule has 28 heavy (non-hydrogen) atoms. The molecule has 1 unspecified atom stereocenters. The van der Waals surface area contributed by atoms with E-state index < -0.39 is 12.1 Å². The number of amides is 1. The van der Waals surface area contributed by atoms with Gasteiger partial charge < -0.3 is 10.1 Å². The second kappa shape index (κ2) is 9.62. The van der Waals surface area contributed by atoms with Crippen LogP contribution in [-0.2, 0) is 9.53 Å². The fourth-order valence-electron chi connectivity index (χ4n) is 2.62. The van der Waals surface area contributed by atoms with Gasteiger partial charge in [-0.25, -0.2) is 0 Å². The summed E-state index contributed by atoms with van der Waals surface area (Å²) in [6, 6.07) is 21.1. The highest BCUT2D eigenvalue weighted by Gasteiger charge is 2.26. The molecule has 0 fully saturated rings. The van der Waals surface area contributed by atoms with Crippen molar-refractivity contribution in [3.05, 3.63) is 94.2 Å². The Balaban J connectivity index is 1.63. The number of esters is 1. The number of Topliss-reactive ketones (excluding diaryl/α,β-unsaturated/α-hetero) is 1. The predicted octanol–water partition coefficient (Wildman–Crippen LogP) is 4.04. The van der Waals surface area contributed by atoms with Crippen molar-refractivity contribution in [1.29, 1.82) is 0 Å². The molecule has 3 aromatic rings. The molecule has 0 aliphatic rings. The SMILES string of the molecule is O=C(CCNC(=O)c1cccs1)OC(C(=O)c1ccccc1)c1ccccc1. The van der Waals surface area contributed by atoms with Crippen molar-refractivity contribution in [2.24, 2.45) is 0 Å². The highest BCUT2D eigenvalue weighted by molar-refractivity contribution is 7.12. The van der Waals surface area contributed by atoms with Crippen molar-refractivity contribution in [1.82, 2.24) is 5.32 Å². The lowest BCUT2D eigenvalue weighted by Gasteiger charge is -2.17. The number of carbonyl (C=O) groups is 3. The average Bonchev–Trinajstić information content (AvgIpc) is 3.28. The van der Waals surface area contributed by atoms with Crippen LogP contribution in [0.4, 0.5) is 0 Å². The van der Waals surface area contributed by atoms with Crippen LogP contribution >= 0.6 is 11.3 Å². The molecule has 1 amide bonds. The maximum atomic E-state index is 12.9. The van der Waals surface area contributed by atoms with Crippen LogP contribution in [0.25, 0.3) is 0 Å². The summed E-state index contributed by atoms with van der Waals surface area (Å²) in [6.45, 7) is 0.136. The van der Waals surface area contributed by atoms with E-state index in [1.54, 1.807) is 60.7 Å². The Hall–Kier alpha value is -3.25. The van der Waals surface area contributed by atoms with Gasteiger partial charge >= 0.3 is 5.97 Å². The summed E-state index contributed by atoms with van der Waals surface area (Å²) in [5.41, 5.74) is 1.07. The minimum Gasteiger partial charge on any atom is -0.449 e. The molecule has 3 rings (SSSR count). The number of thiophene rings is 1. The van der Waals surface area contributed by atoms with Crippen LogP contribution < -0.4 is 5.32 Å². The zero-order valence-corrected chi connectivity index (χ0v) is 15.9. The van der Waals surface area contributed by atoms with Crippen molar-refractivity contribution in [2.75, 3.05) is 6.54 Å². The van der Waals surface area contributed by atoms with Crippen molar-refractivity contribution < 1.29 is 19.1 Å². The molecule has 0 aliphatic carbocycles. The standard InChI is InChI=1S/C22H19NO4S/c24-19(13-14-23-22(26)18-12-7-15-28-18)27-21(17-10-5-2-6-11-17)20(25)16-8-3-1-4-9-16/h1-12,15,21H,13-14H2,(H,23,26). The molecule has 0 aliphatic heterocycles. The van der Waals surface area contributed by atoms with Gasteiger partial charge in [-0.3, -0.25) is 14.4 Å². The van der Waals surface area contributed by atoms with Gasteiger partial charge in [0.2, 0.25) is 5.78 Å². The lowest BCUT2D eigenvalue weighted by Crippen LogP contribution is -2.27. The molecule has 0 spiro atoms. The third-order valence-corrected chi connectivity index (χ3v) is 4.88. The van der Waals surface area contributed by atoms with E-state index in [-0.39, 0.29) is 24.7 Å². The summed E-state index contributed by atoms with van der Waals surface area (Å²) in [6.07, 6.45) is -1.05. The first-order valence-corrected chi connectivity index (χ1v) is 9.68. The number of nitrogens with one attached hydrogen (secondary N) is 1. The molecule has 2 aromatic carbocycles. The van der Waals surface area contributed by atoms with Gasteiger partial charge in [-0.1, -0.05) is 66.7 Å². The minimum absolute atomic E-state index is 0.0253. The minimum atomic E-state index is -1.02. The Morgan fingerprint density at radius 1 is 0.893 bits per heavy atom. The van der Waals surface area contributed by atoms with Crippen molar-refractivity contribution in [2.45, 2.75) is 12.5 Å². The fraction of sp³-hybridized carbons (Fsp3) is 0.136. The maximum absolute atomic E-state index is 12.9. The normalized spacial score (nSPS) is 11.4.